The Kier molecular flexibility index (Phi) is 4.87. The van der Waals surface area contributed by atoms with Crippen LogP contribution in [0.4, 0.5) is 11.4 Å². The average Bonchev–Trinajstić information content (AvgIpc) is 3.25. The summed E-state index contributed by atoms with van der Waals surface area (Å²) in [5.74, 6) is -0.898. The molecule has 0 radical (unpaired) electrons. The third kappa shape index (κ3) is 3.88. The van der Waals surface area contributed by atoms with Crippen molar-refractivity contribution < 1.29 is 22.4 Å². The number of carbonyl (C=O) groups is 2. The number of furan rings is 1. The quantitative estimate of drug-likeness (QED) is 0.693. The Hall–Kier alpha value is -3.13. The van der Waals surface area contributed by atoms with Gasteiger partial charge in [-0.2, -0.15) is 0 Å². The molecule has 1 N–H and O–H groups in total. The molecule has 1 aliphatic heterocycles. The number of nitrogens with one attached hydrogen (secondary N) is 1. The van der Waals surface area contributed by atoms with E-state index in [0.29, 0.717) is 40.9 Å². The molecule has 150 valence electrons. The molecule has 1 aromatic heterocycles. The van der Waals surface area contributed by atoms with Crippen LogP contribution in [0.1, 0.15) is 29.0 Å². The van der Waals surface area contributed by atoms with Crippen LogP contribution in [0.25, 0.3) is 11.0 Å². The van der Waals surface area contributed by atoms with Crippen LogP contribution in [0.3, 0.4) is 0 Å². The Labute approximate surface area is 168 Å². The maximum Gasteiger partial charge on any atom is 0.291 e. The molecule has 29 heavy (non-hydrogen) atoms. The van der Waals surface area contributed by atoms with Crippen LogP contribution in [-0.2, 0) is 20.4 Å². The lowest BCUT2D eigenvalue weighted by atomic mass is 10.1. The standard InChI is InChI=1S/C21H20N2O5S/c1-29(26,27)13-15-14-7-2-5-10-18(14)28-20(15)21(25)22-16-8-3-4-9-17(16)23-12-6-11-19(23)24/h2-5,7-10H,6,11-13H2,1H3,(H,22,25). The maximum atomic E-state index is 13.0. The molecule has 7 nitrogen and oxygen atoms in total. The number of carbonyl (C=O) groups excluding carboxylic acids is 2. The first-order valence-corrected chi connectivity index (χ1v) is 11.3. The van der Waals surface area contributed by atoms with Gasteiger partial charge in [0.2, 0.25) is 5.91 Å². The van der Waals surface area contributed by atoms with E-state index in [1.165, 1.54) is 0 Å². The van der Waals surface area contributed by atoms with Crippen LogP contribution in [0.2, 0.25) is 0 Å². The van der Waals surface area contributed by atoms with Gasteiger partial charge in [-0.3, -0.25) is 9.59 Å². The van der Waals surface area contributed by atoms with Crippen molar-refractivity contribution in [2.75, 3.05) is 23.0 Å². The molecule has 0 atom stereocenters. The summed E-state index contributed by atoms with van der Waals surface area (Å²) in [5, 5.41) is 3.38. The monoisotopic (exact) mass is 412 g/mol. The summed E-state index contributed by atoms with van der Waals surface area (Å²) in [6, 6.07) is 14.0. The summed E-state index contributed by atoms with van der Waals surface area (Å²) < 4.78 is 29.6. The Morgan fingerprint density at radius 2 is 1.86 bits per heavy atom. The van der Waals surface area contributed by atoms with E-state index in [1.54, 1.807) is 53.4 Å². The zero-order valence-electron chi connectivity index (χ0n) is 15.8. The summed E-state index contributed by atoms with van der Waals surface area (Å²) in [6.07, 6.45) is 2.36. The molecule has 2 aromatic carbocycles. The van der Waals surface area contributed by atoms with Crippen molar-refractivity contribution in [3.05, 3.63) is 59.9 Å². The van der Waals surface area contributed by atoms with Gasteiger partial charge in [0.15, 0.2) is 15.6 Å². The highest BCUT2D eigenvalue weighted by Gasteiger charge is 2.27. The Balaban J connectivity index is 1.72. The number of nitrogens with zero attached hydrogens (tertiary/aromatic N) is 1. The largest absolute Gasteiger partial charge is 0.451 e. The van der Waals surface area contributed by atoms with Crippen LogP contribution < -0.4 is 10.2 Å². The van der Waals surface area contributed by atoms with Gasteiger partial charge in [-0.15, -0.1) is 0 Å². The number of amides is 2. The van der Waals surface area contributed by atoms with Gasteiger partial charge in [0.1, 0.15) is 5.58 Å². The number of fused-ring (bicyclic) bond motifs is 1. The fourth-order valence-corrected chi connectivity index (χ4v) is 4.40. The lowest BCUT2D eigenvalue weighted by Gasteiger charge is -2.19. The fraction of sp³-hybridized carbons (Fsp3) is 0.238. The number of benzene rings is 2. The molecule has 0 saturated carbocycles. The van der Waals surface area contributed by atoms with Gasteiger partial charge < -0.3 is 14.6 Å². The molecule has 1 aliphatic rings. The lowest BCUT2D eigenvalue weighted by molar-refractivity contribution is -0.117. The number of rotatable bonds is 5. The van der Waals surface area contributed by atoms with Crippen LogP contribution in [-0.4, -0.2) is 33.0 Å². The molecule has 0 unspecified atom stereocenters. The highest BCUT2D eigenvalue weighted by atomic mass is 32.2. The zero-order chi connectivity index (χ0) is 20.6. The summed E-state index contributed by atoms with van der Waals surface area (Å²) in [5.41, 5.74) is 1.86. The van der Waals surface area contributed by atoms with E-state index in [0.717, 1.165) is 12.7 Å². The van der Waals surface area contributed by atoms with Gasteiger partial charge in [-0.25, -0.2) is 8.42 Å². The molecule has 2 heterocycles. The van der Waals surface area contributed by atoms with Crippen molar-refractivity contribution in [1.29, 1.82) is 0 Å². The molecule has 0 spiro atoms. The van der Waals surface area contributed by atoms with Crippen molar-refractivity contribution in [1.82, 2.24) is 0 Å². The second-order valence-corrected chi connectivity index (χ2v) is 9.24. The van der Waals surface area contributed by atoms with E-state index in [1.807, 2.05) is 0 Å². The lowest BCUT2D eigenvalue weighted by Crippen LogP contribution is -2.25. The first-order chi connectivity index (χ1) is 13.8. The highest BCUT2D eigenvalue weighted by molar-refractivity contribution is 7.89. The molecule has 1 saturated heterocycles. The smallest absolute Gasteiger partial charge is 0.291 e. The van der Waals surface area contributed by atoms with Crippen molar-refractivity contribution in [2.24, 2.45) is 0 Å². The minimum Gasteiger partial charge on any atom is -0.451 e. The van der Waals surface area contributed by atoms with Crippen LogP contribution in [0, 0.1) is 0 Å². The molecule has 1 fully saturated rings. The Morgan fingerprint density at radius 3 is 2.59 bits per heavy atom. The number of hydrogen-bond acceptors (Lipinski definition) is 5. The summed E-state index contributed by atoms with van der Waals surface area (Å²) in [6.45, 7) is 0.593. The summed E-state index contributed by atoms with van der Waals surface area (Å²) in [7, 11) is -3.39. The van der Waals surface area contributed by atoms with E-state index < -0.39 is 15.7 Å². The van der Waals surface area contributed by atoms with E-state index in [-0.39, 0.29) is 17.4 Å². The molecule has 0 aliphatic carbocycles. The minimum absolute atomic E-state index is 0.00759. The van der Waals surface area contributed by atoms with Gasteiger partial charge in [-0.05, 0) is 24.6 Å². The Morgan fingerprint density at radius 1 is 1.14 bits per heavy atom. The Bertz CT molecular complexity index is 1210. The van der Waals surface area contributed by atoms with E-state index >= 15 is 0 Å². The third-order valence-electron chi connectivity index (χ3n) is 4.83. The second kappa shape index (κ2) is 7.36. The van der Waals surface area contributed by atoms with Gasteiger partial charge in [0.25, 0.3) is 5.91 Å². The maximum absolute atomic E-state index is 13.0. The SMILES string of the molecule is CS(=O)(=O)Cc1c(C(=O)Nc2ccccc2N2CCCC2=O)oc2ccccc12. The van der Waals surface area contributed by atoms with Crippen molar-refractivity contribution in [3.63, 3.8) is 0 Å². The van der Waals surface area contributed by atoms with E-state index in [4.69, 9.17) is 4.42 Å². The number of para-hydroxylation sites is 3. The molecular weight excluding hydrogens is 392 g/mol. The number of anilines is 2. The van der Waals surface area contributed by atoms with Crippen molar-refractivity contribution >= 4 is 44.0 Å². The molecule has 2 amide bonds. The molecular formula is C21H20N2O5S. The van der Waals surface area contributed by atoms with Crippen LogP contribution in [0.15, 0.2) is 52.9 Å². The minimum atomic E-state index is -3.39. The molecule has 4 rings (SSSR count). The zero-order valence-corrected chi connectivity index (χ0v) is 16.7. The first kappa shape index (κ1) is 19.2. The second-order valence-electron chi connectivity index (χ2n) is 7.10. The van der Waals surface area contributed by atoms with Crippen LogP contribution in [0.5, 0.6) is 0 Å². The summed E-state index contributed by atoms with van der Waals surface area (Å²) in [4.78, 5) is 26.8. The van der Waals surface area contributed by atoms with Gasteiger partial charge >= 0.3 is 0 Å². The normalized spacial score (nSPS) is 14.5. The van der Waals surface area contributed by atoms with Gasteiger partial charge in [-0.1, -0.05) is 30.3 Å². The van der Waals surface area contributed by atoms with Crippen molar-refractivity contribution in [2.45, 2.75) is 18.6 Å². The first-order valence-electron chi connectivity index (χ1n) is 9.22. The number of sulfone groups is 1. The predicted octanol–water partition coefficient (Wildman–Crippen LogP) is 3.36. The molecule has 0 bridgehead atoms. The fourth-order valence-electron chi connectivity index (χ4n) is 3.58. The van der Waals surface area contributed by atoms with Crippen LogP contribution >= 0.6 is 0 Å². The highest BCUT2D eigenvalue weighted by Crippen LogP contribution is 2.32. The predicted molar refractivity (Wildman–Crippen MR) is 111 cm³/mol. The van der Waals surface area contributed by atoms with E-state index in [2.05, 4.69) is 5.32 Å². The van der Waals surface area contributed by atoms with Gasteiger partial charge in [0, 0.05) is 30.2 Å². The van der Waals surface area contributed by atoms with Gasteiger partial charge in [0.05, 0.1) is 17.1 Å². The molecule has 8 heteroatoms. The molecule has 3 aromatic rings. The van der Waals surface area contributed by atoms with Crippen molar-refractivity contribution in [3.8, 4) is 0 Å². The topological polar surface area (TPSA) is 96.7 Å². The third-order valence-corrected chi connectivity index (χ3v) is 5.64. The van der Waals surface area contributed by atoms with E-state index in [9.17, 15) is 18.0 Å². The number of hydrogen-bond donors (Lipinski definition) is 1. The average molecular weight is 412 g/mol. The summed E-state index contributed by atoms with van der Waals surface area (Å²) >= 11 is 0.